The van der Waals surface area contributed by atoms with Gasteiger partial charge in [0.2, 0.25) is 27.7 Å². The second kappa shape index (κ2) is 16.4. The number of Topliss-reactive ketones (excluding diaryl/α,β-unsaturated/α-hetero) is 1. The third kappa shape index (κ3) is 8.81. The lowest BCUT2D eigenvalue weighted by Gasteiger charge is -2.32. The van der Waals surface area contributed by atoms with Gasteiger partial charge in [-0.15, -0.1) is 0 Å². The van der Waals surface area contributed by atoms with Crippen molar-refractivity contribution in [2.24, 2.45) is 29.1 Å². The predicted octanol–water partition coefficient (Wildman–Crippen LogP) is 6.01. The van der Waals surface area contributed by atoms with Crippen molar-refractivity contribution in [3.63, 3.8) is 0 Å². The van der Waals surface area contributed by atoms with E-state index < -0.39 is 92.2 Å². The van der Waals surface area contributed by atoms with E-state index in [2.05, 4.69) is 16.6 Å². The lowest BCUT2D eigenvalue weighted by atomic mass is 9.82. The molecule has 4 aliphatic rings. The fourth-order valence-corrected chi connectivity index (χ4v) is 10.0. The molecule has 1 aromatic carbocycles. The minimum absolute atomic E-state index is 0.0211. The van der Waals surface area contributed by atoms with E-state index in [-0.39, 0.29) is 67.5 Å². The smallest absolute Gasteiger partial charge is 0.307 e. The second-order valence-electron chi connectivity index (χ2n) is 17.7. The summed E-state index contributed by atoms with van der Waals surface area (Å²) in [6, 6.07) is 1.52. The Hall–Kier alpha value is -4.34. The van der Waals surface area contributed by atoms with Crippen LogP contribution in [0.2, 0.25) is 0 Å². The lowest BCUT2D eigenvalue weighted by molar-refractivity contribution is -0.160. The van der Waals surface area contributed by atoms with Crippen molar-refractivity contribution < 1.29 is 55.3 Å². The Morgan fingerprint density at radius 2 is 1.76 bits per heavy atom. The summed E-state index contributed by atoms with van der Waals surface area (Å²) in [4.78, 5) is 62.7. The molecule has 2 saturated carbocycles. The van der Waals surface area contributed by atoms with Crippen molar-refractivity contribution in [3.05, 3.63) is 36.3 Å². The fourth-order valence-electron chi connectivity index (χ4n) is 8.56. The predicted molar refractivity (Wildman–Crippen MR) is 210 cm³/mol. The number of carbonyl (C=O) groups excluding carboxylic acids is 4. The Kier molecular flexibility index (Phi) is 12.2. The molecule has 1 N–H and O–H groups in total. The molecule has 2 aromatic rings. The van der Waals surface area contributed by atoms with Gasteiger partial charge in [0.15, 0.2) is 17.3 Å². The van der Waals surface area contributed by atoms with E-state index in [1.165, 1.54) is 37.4 Å². The molecule has 318 valence electrons. The highest BCUT2D eigenvalue weighted by Gasteiger charge is 2.63. The number of ketones is 1. The lowest BCUT2D eigenvalue weighted by Crippen LogP contribution is -2.48. The molecule has 3 heterocycles. The van der Waals surface area contributed by atoms with Crippen LogP contribution in [0.5, 0.6) is 17.4 Å². The Morgan fingerprint density at radius 1 is 1.05 bits per heavy atom. The van der Waals surface area contributed by atoms with Gasteiger partial charge in [-0.25, -0.2) is 22.2 Å². The van der Waals surface area contributed by atoms with E-state index >= 15 is 4.39 Å². The van der Waals surface area contributed by atoms with Gasteiger partial charge in [-0.05, 0) is 89.2 Å². The van der Waals surface area contributed by atoms with Crippen LogP contribution in [0, 0.1) is 34.9 Å². The van der Waals surface area contributed by atoms with Crippen LogP contribution in [-0.4, -0.2) is 91.8 Å². The van der Waals surface area contributed by atoms with Crippen LogP contribution < -0.4 is 18.9 Å². The van der Waals surface area contributed by atoms with Crippen LogP contribution >= 0.6 is 0 Å². The Morgan fingerprint density at radius 3 is 2.40 bits per heavy atom. The molecule has 1 saturated heterocycles. The van der Waals surface area contributed by atoms with Gasteiger partial charge in [0.05, 0.1) is 56.1 Å². The Balaban J connectivity index is 1.37. The maximum atomic E-state index is 15.1. The minimum Gasteiger partial charge on any atom is -0.494 e. The molecule has 0 radical (unpaired) electrons. The third-order valence-electron chi connectivity index (χ3n) is 12.2. The molecular formula is C42H55F2N3O10S. The van der Waals surface area contributed by atoms with Gasteiger partial charge in [0.1, 0.15) is 28.9 Å². The Labute approximate surface area is 338 Å². The van der Waals surface area contributed by atoms with Crippen LogP contribution in [0.15, 0.2) is 30.5 Å². The number of benzene rings is 1. The SMILES string of the molecule is COc1cc2c(OC)cnc(O[C@@H]3C[C@H]4C(=O)C[C@]5(C(=O)NS(=O)(=O)C6(CF)CC6)C[C@H]5/C=C\CC[C@@H](C)C[C@@H](C)[C@H](CC(=O)OC(C)(C)C)C(=O)N4C3)c2cc1F. The number of carbonyl (C=O) groups is 4. The molecule has 58 heavy (non-hydrogen) atoms. The normalized spacial score (nSPS) is 29.3. The molecule has 0 bridgehead atoms. The summed E-state index contributed by atoms with van der Waals surface area (Å²) in [7, 11) is -1.60. The highest BCUT2D eigenvalue weighted by molar-refractivity contribution is 7.91. The number of aromatic nitrogens is 1. The maximum Gasteiger partial charge on any atom is 0.307 e. The first-order valence-corrected chi connectivity index (χ1v) is 21.5. The summed E-state index contributed by atoms with van der Waals surface area (Å²) < 4.78 is 78.6. The number of hydrogen-bond donors (Lipinski definition) is 1. The van der Waals surface area contributed by atoms with E-state index in [1.807, 2.05) is 19.1 Å². The summed E-state index contributed by atoms with van der Waals surface area (Å²) in [6.45, 7) is 7.95. The number of rotatable bonds is 10. The highest BCUT2D eigenvalue weighted by Crippen LogP contribution is 2.58. The molecule has 13 nitrogen and oxygen atoms in total. The number of sulfonamides is 1. The first-order valence-electron chi connectivity index (χ1n) is 20.0. The molecule has 0 unspecified atom stereocenters. The van der Waals surface area contributed by atoms with Crippen molar-refractivity contribution in [1.82, 2.24) is 14.6 Å². The average molecular weight is 832 g/mol. The van der Waals surface area contributed by atoms with E-state index in [4.69, 9.17) is 18.9 Å². The zero-order valence-corrected chi connectivity index (χ0v) is 35.1. The van der Waals surface area contributed by atoms with Gasteiger partial charge in [-0.3, -0.25) is 23.9 Å². The molecule has 3 fully saturated rings. The summed E-state index contributed by atoms with van der Waals surface area (Å²) in [6.07, 6.45) is 6.01. The van der Waals surface area contributed by atoms with Gasteiger partial charge in [0, 0.05) is 18.2 Å². The second-order valence-corrected chi connectivity index (χ2v) is 19.8. The first kappa shape index (κ1) is 43.2. The summed E-state index contributed by atoms with van der Waals surface area (Å²) in [5, 5.41) is 0.707. The number of methoxy groups -OCH3 is 2. The molecule has 2 aliphatic carbocycles. The third-order valence-corrected chi connectivity index (χ3v) is 14.3. The van der Waals surface area contributed by atoms with Crippen LogP contribution in [0.1, 0.15) is 92.4 Å². The van der Waals surface area contributed by atoms with Gasteiger partial charge < -0.3 is 23.8 Å². The van der Waals surface area contributed by atoms with Crippen LogP contribution in [-0.2, 0) is 33.9 Å². The first-order chi connectivity index (χ1) is 27.3. The highest BCUT2D eigenvalue weighted by atomic mass is 32.2. The molecular weight excluding hydrogens is 777 g/mol. The standard InChI is InChI=1S/C42H55F2N3O10S/c1-24-10-8-9-11-26-19-42(26,39(51)46-58(52,53)41(23-43)12-13-41)20-33(48)32-15-27(22-47(32)38(50)28(25(2)14-24)18-36(49)57-40(3,4)5)56-37-30-16-31(44)34(54-6)17-29(30)35(55-7)21-45-37/h9,11,16-17,21,24-28,32H,8,10,12-15,18-20,22-23H2,1-7H3,(H,46,51)/b11-9-/t24-,25-,26-,27-,28+,32+,42-/m1/s1. The molecule has 16 heteroatoms. The van der Waals surface area contributed by atoms with E-state index in [1.54, 1.807) is 20.8 Å². The number of amides is 2. The van der Waals surface area contributed by atoms with Gasteiger partial charge >= 0.3 is 5.97 Å². The average Bonchev–Trinajstić information content (AvgIpc) is 4.05. The zero-order chi connectivity index (χ0) is 42.4. The molecule has 1 aromatic heterocycles. The monoisotopic (exact) mass is 831 g/mol. The van der Waals surface area contributed by atoms with E-state index in [9.17, 15) is 32.0 Å². The quantitative estimate of drug-likeness (QED) is 0.220. The van der Waals surface area contributed by atoms with Gasteiger partial charge in [0.25, 0.3) is 0 Å². The molecule has 7 atom stereocenters. The number of nitrogens with one attached hydrogen (secondary N) is 1. The van der Waals surface area contributed by atoms with Crippen molar-refractivity contribution in [3.8, 4) is 17.4 Å². The summed E-state index contributed by atoms with van der Waals surface area (Å²) >= 11 is 0. The number of nitrogens with zero attached hydrogens (tertiary/aromatic N) is 2. The van der Waals surface area contributed by atoms with Crippen LogP contribution in [0.3, 0.4) is 0 Å². The van der Waals surface area contributed by atoms with Crippen molar-refractivity contribution in [2.45, 2.75) is 115 Å². The van der Waals surface area contributed by atoms with Crippen LogP contribution in [0.4, 0.5) is 8.78 Å². The molecule has 2 aliphatic heterocycles. The number of pyridine rings is 1. The number of fused-ring (bicyclic) bond motifs is 3. The number of esters is 1. The van der Waals surface area contributed by atoms with Gasteiger partial charge in [-0.2, -0.15) is 0 Å². The fraction of sp³-hybridized carbons (Fsp3) is 0.643. The number of alkyl halides is 1. The van der Waals surface area contributed by atoms with Crippen molar-refractivity contribution in [1.29, 1.82) is 0 Å². The van der Waals surface area contributed by atoms with E-state index in [0.29, 0.717) is 24.0 Å². The van der Waals surface area contributed by atoms with E-state index in [0.717, 1.165) is 6.42 Å². The largest absolute Gasteiger partial charge is 0.494 e. The Bertz CT molecular complexity index is 2080. The number of halogens is 2. The molecule has 0 spiro atoms. The topological polar surface area (TPSA) is 167 Å². The van der Waals surface area contributed by atoms with Crippen molar-refractivity contribution in [2.75, 3.05) is 27.4 Å². The van der Waals surface area contributed by atoms with Crippen LogP contribution in [0.25, 0.3) is 10.8 Å². The summed E-state index contributed by atoms with van der Waals surface area (Å²) in [5.74, 6) is -4.26. The molecule has 6 rings (SSSR count). The number of ether oxygens (including phenoxy) is 4. The number of hydrogen-bond acceptors (Lipinski definition) is 11. The molecule has 2 amide bonds. The van der Waals surface area contributed by atoms with Crippen molar-refractivity contribution >= 4 is 44.4 Å². The summed E-state index contributed by atoms with van der Waals surface area (Å²) in [5.41, 5.74) is -2.25. The maximum absolute atomic E-state index is 15.1. The zero-order valence-electron chi connectivity index (χ0n) is 34.3. The minimum atomic E-state index is -4.38. The van der Waals surface area contributed by atoms with Gasteiger partial charge in [-0.1, -0.05) is 26.0 Å². The number of allylic oxidation sites excluding steroid dienone is 2.